The van der Waals surface area contributed by atoms with Gasteiger partial charge in [0.15, 0.2) is 5.11 Å². The smallest absolute Gasteiger partial charge is 0.338 e. The third-order valence-corrected chi connectivity index (χ3v) is 3.64. The van der Waals surface area contributed by atoms with Crippen LogP contribution in [-0.2, 0) is 9.53 Å². The van der Waals surface area contributed by atoms with E-state index in [0.29, 0.717) is 12.1 Å². The van der Waals surface area contributed by atoms with E-state index in [4.69, 9.17) is 17.0 Å². The van der Waals surface area contributed by atoms with E-state index in [1.54, 1.807) is 6.92 Å². The van der Waals surface area contributed by atoms with Crippen LogP contribution >= 0.6 is 12.2 Å². The molecule has 1 aliphatic rings. The molecule has 0 saturated heterocycles. The summed E-state index contributed by atoms with van der Waals surface area (Å²) in [5, 5.41) is 6.10. The molecular weight excluding hydrogens is 322 g/mol. The maximum absolute atomic E-state index is 14.2. The Hall–Kier alpha value is -2.02. The topological polar surface area (TPSA) is 50.4 Å². The van der Waals surface area contributed by atoms with Crippen LogP contribution in [0.25, 0.3) is 0 Å². The third-order valence-electron chi connectivity index (χ3n) is 3.42. The fraction of sp³-hybridized carbons (Fsp3) is 0.375. The molecule has 0 aliphatic carbocycles. The van der Waals surface area contributed by atoms with Crippen molar-refractivity contribution >= 4 is 23.3 Å². The van der Waals surface area contributed by atoms with Gasteiger partial charge in [0.2, 0.25) is 0 Å². The molecule has 0 bridgehead atoms. The highest BCUT2D eigenvalue weighted by Crippen LogP contribution is 2.31. The molecule has 1 aromatic rings. The highest BCUT2D eigenvalue weighted by atomic mass is 32.1. The van der Waals surface area contributed by atoms with Crippen LogP contribution in [0.15, 0.2) is 29.5 Å². The summed E-state index contributed by atoms with van der Waals surface area (Å²) in [4.78, 5) is 12.4. The average Bonchev–Trinajstić information content (AvgIpc) is 2.47. The van der Waals surface area contributed by atoms with Crippen molar-refractivity contribution in [3.05, 3.63) is 46.7 Å². The van der Waals surface area contributed by atoms with E-state index in [9.17, 15) is 13.6 Å². The number of benzene rings is 1. The molecule has 0 radical (unpaired) electrons. The van der Waals surface area contributed by atoms with Gasteiger partial charge in [-0.15, -0.1) is 0 Å². The van der Waals surface area contributed by atoms with Gasteiger partial charge in [-0.05, 0) is 31.6 Å². The highest BCUT2D eigenvalue weighted by molar-refractivity contribution is 7.80. The second kappa shape index (κ2) is 7.50. The molecule has 0 saturated carbocycles. The lowest BCUT2D eigenvalue weighted by Gasteiger charge is -2.31. The number of ether oxygens (including phenoxy) is 1. The zero-order valence-corrected chi connectivity index (χ0v) is 13.7. The third kappa shape index (κ3) is 3.85. The van der Waals surface area contributed by atoms with Gasteiger partial charge in [-0.25, -0.2) is 13.6 Å². The molecule has 124 valence electrons. The average molecular weight is 340 g/mol. The van der Waals surface area contributed by atoms with E-state index in [1.165, 1.54) is 6.07 Å². The summed E-state index contributed by atoms with van der Waals surface area (Å²) in [6.07, 6.45) is 1.34. The van der Waals surface area contributed by atoms with Gasteiger partial charge >= 0.3 is 5.97 Å². The zero-order chi connectivity index (χ0) is 17.0. The van der Waals surface area contributed by atoms with Gasteiger partial charge in [0.1, 0.15) is 11.6 Å². The van der Waals surface area contributed by atoms with Crippen molar-refractivity contribution in [3.8, 4) is 0 Å². The van der Waals surface area contributed by atoms with Crippen molar-refractivity contribution in [2.24, 2.45) is 0 Å². The van der Waals surface area contributed by atoms with Crippen molar-refractivity contribution in [3.63, 3.8) is 0 Å². The second-order valence-electron chi connectivity index (χ2n) is 5.06. The molecule has 0 fully saturated rings. The van der Waals surface area contributed by atoms with Gasteiger partial charge in [-0.3, -0.25) is 0 Å². The van der Waals surface area contributed by atoms with Crippen LogP contribution in [0.1, 0.15) is 38.3 Å². The first kappa shape index (κ1) is 17.3. The Morgan fingerprint density at radius 3 is 2.70 bits per heavy atom. The lowest BCUT2D eigenvalue weighted by molar-refractivity contribution is -0.139. The minimum Gasteiger partial charge on any atom is -0.463 e. The quantitative estimate of drug-likeness (QED) is 0.637. The number of allylic oxidation sites excluding steroid dienone is 1. The number of thiocarbonyl (C=S) groups is 1. The molecular formula is C16H18F2N2O2S. The molecule has 1 heterocycles. The Balaban J connectivity index is 2.54. The summed E-state index contributed by atoms with van der Waals surface area (Å²) in [5.74, 6) is -1.98. The van der Waals surface area contributed by atoms with E-state index in [1.807, 2.05) is 6.92 Å². The maximum Gasteiger partial charge on any atom is 0.338 e. The Kier molecular flexibility index (Phi) is 5.65. The molecule has 1 aliphatic heterocycles. The van der Waals surface area contributed by atoms with Gasteiger partial charge in [0.05, 0.1) is 18.2 Å². The minimum atomic E-state index is -0.815. The van der Waals surface area contributed by atoms with E-state index in [0.717, 1.165) is 18.6 Å². The standard InChI is InChI=1S/C16H18F2N2O2S/c1-3-5-12-13(15(21)22-4-2)14(20-16(23)19-12)10-7-6-9(17)8-11(10)18/h6-8,14H,3-5H2,1-2H3,(H2,19,20,23)/t14-/m1/s1. The molecule has 2 rings (SSSR count). The normalized spacial score (nSPS) is 17.6. The van der Waals surface area contributed by atoms with E-state index < -0.39 is 23.6 Å². The predicted molar refractivity (Wildman–Crippen MR) is 86.5 cm³/mol. The van der Waals surface area contributed by atoms with Gasteiger partial charge in [-0.1, -0.05) is 19.4 Å². The number of nitrogens with one attached hydrogen (secondary N) is 2. The van der Waals surface area contributed by atoms with Crippen LogP contribution in [0, 0.1) is 11.6 Å². The predicted octanol–water partition coefficient (Wildman–Crippen LogP) is 3.10. The second-order valence-corrected chi connectivity index (χ2v) is 5.47. The van der Waals surface area contributed by atoms with Crippen LogP contribution in [-0.4, -0.2) is 17.7 Å². The molecule has 7 heteroatoms. The summed E-state index contributed by atoms with van der Waals surface area (Å²) < 4.78 is 32.4. The monoisotopic (exact) mass is 340 g/mol. The van der Waals surface area contributed by atoms with Crippen molar-refractivity contribution < 1.29 is 18.3 Å². The highest BCUT2D eigenvalue weighted by Gasteiger charge is 2.33. The Bertz CT molecular complexity index is 661. The lowest BCUT2D eigenvalue weighted by atomic mass is 9.93. The van der Waals surface area contributed by atoms with Gasteiger partial charge in [0.25, 0.3) is 0 Å². The van der Waals surface area contributed by atoms with Gasteiger partial charge in [-0.2, -0.15) is 0 Å². The molecule has 0 amide bonds. The Morgan fingerprint density at radius 1 is 1.35 bits per heavy atom. The first-order valence-electron chi connectivity index (χ1n) is 7.40. The first-order valence-corrected chi connectivity index (χ1v) is 7.81. The van der Waals surface area contributed by atoms with Crippen molar-refractivity contribution in [2.75, 3.05) is 6.61 Å². The van der Waals surface area contributed by atoms with Crippen molar-refractivity contribution in [1.82, 2.24) is 10.6 Å². The zero-order valence-electron chi connectivity index (χ0n) is 12.9. The summed E-state index contributed by atoms with van der Waals surface area (Å²) in [5.41, 5.74) is 1.02. The van der Waals surface area contributed by atoms with Crippen LogP contribution in [0.5, 0.6) is 0 Å². The summed E-state index contributed by atoms with van der Waals surface area (Å²) in [7, 11) is 0. The Morgan fingerprint density at radius 2 is 2.09 bits per heavy atom. The van der Waals surface area contributed by atoms with Gasteiger partial charge < -0.3 is 15.4 Å². The fourth-order valence-corrected chi connectivity index (χ4v) is 2.72. The molecule has 23 heavy (non-hydrogen) atoms. The maximum atomic E-state index is 14.2. The molecule has 0 aromatic heterocycles. The number of hydrogen-bond donors (Lipinski definition) is 2. The fourth-order valence-electron chi connectivity index (χ4n) is 2.48. The lowest BCUT2D eigenvalue weighted by Crippen LogP contribution is -2.46. The number of rotatable bonds is 5. The van der Waals surface area contributed by atoms with E-state index in [2.05, 4.69) is 10.6 Å². The number of esters is 1. The van der Waals surface area contributed by atoms with Crippen LogP contribution < -0.4 is 10.6 Å². The van der Waals surface area contributed by atoms with Crippen molar-refractivity contribution in [1.29, 1.82) is 0 Å². The first-order chi connectivity index (χ1) is 11.0. The molecule has 4 nitrogen and oxygen atoms in total. The minimum absolute atomic E-state index is 0.145. The molecule has 0 unspecified atom stereocenters. The van der Waals surface area contributed by atoms with Crippen molar-refractivity contribution in [2.45, 2.75) is 32.7 Å². The summed E-state index contributed by atoms with van der Waals surface area (Å²) >= 11 is 5.14. The summed E-state index contributed by atoms with van der Waals surface area (Å²) in [6, 6.07) is 2.42. The molecule has 0 spiro atoms. The van der Waals surface area contributed by atoms with E-state index in [-0.39, 0.29) is 22.9 Å². The van der Waals surface area contributed by atoms with Crippen LogP contribution in [0.3, 0.4) is 0 Å². The molecule has 1 aromatic carbocycles. The van der Waals surface area contributed by atoms with Gasteiger partial charge in [0, 0.05) is 17.3 Å². The van der Waals surface area contributed by atoms with Crippen LogP contribution in [0.4, 0.5) is 8.78 Å². The number of hydrogen-bond acceptors (Lipinski definition) is 3. The Labute approximate surface area is 138 Å². The number of carbonyl (C=O) groups is 1. The number of carbonyl (C=O) groups excluding carboxylic acids is 1. The van der Waals surface area contributed by atoms with Crippen LogP contribution in [0.2, 0.25) is 0 Å². The SMILES string of the molecule is CCCC1=C(C(=O)OCC)[C@@H](c2ccc(F)cc2F)NC(=S)N1. The molecule has 1 atom stereocenters. The molecule has 2 N–H and O–H groups in total. The number of halogens is 2. The largest absolute Gasteiger partial charge is 0.463 e. The summed E-state index contributed by atoms with van der Waals surface area (Å²) in [6.45, 7) is 3.85. The van der Waals surface area contributed by atoms with E-state index >= 15 is 0 Å².